The summed E-state index contributed by atoms with van der Waals surface area (Å²) in [6.45, 7) is 2.82. The second-order valence-corrected chi connectivity index (χ2v) is 11.8. The van der Waals surface area contributed by atoms with Crippen LogP contribution in [0.4, 0.5) is 17.1 Å². The maximum absolute atomic E-state index is 11.4. The van der Waals surface area contributed by atoms with Gasteiger partial charge in [-0.25, -0.2) is 0 Å². The Kier molecular flexibility index (Phi) is 9.26. The third kappa shape index (κ3) is 7.10. The van der Waals surface area contributed by atoms with E-state index < -0.39 is 5.91 Å². The molecule has 2 fully saturated rings. The molecule has 11 heteroatoms. The first kappa shape index (κ1) is 30.5. The number of hydrogen-bond donors (Lipinski definition) is 2. The highest BCUT2D eigenvalue weighted by Crippen LogP contribution is 2.40. The number of carbonyl (C=O) groups excluding carboxylic acids is 1. The smallest absolute Gasteiger partial charge is 0.241 e. The molecule has 3 N–H and O–H groups in total. The first-order chi connectivity index (χ1) is 21.9. The minimum absolute atomic E-state index is 0.0620. The number of rotatable bonds is 9. The standard InChI is InChI=1S/C34H31Cl2N5O4/c35-27-4-2-1-3-22(27)19-44-31-6-5-24(14-28(31)36)40-34-23(17-37)18-39-29-16-32(45-25-9-12-43-20-25)30(15-26(29)34)41-10-7-21(8-11-41)13-33(38)42/h1-6,13-16,18,25H,7-12,19-20H2,(H2,38,42)(H,39,40). The first-order valence-corrected chi connectivity index (χ1v) is 15.4. The van der Waals surface area contributed by atoms with Gasteiger partial charge >= 0.3 is 0 Å². The molecule has 1 atom stereocenters. The minimum Gasteiger partial charge on any atom is -0.487 e. The van der Waals surface area contributed by atoms with Crippen molar-refractivity contribution in [2.45, 2.75) is 32.0 Å². The molecular weight excluding hydrogens is 613 g/mol. The van der Waals surface area contributed by atoms with E-state index in [1.807, 2.05) is 42.5 Å². The van der Waals surface area contributed by atoms with Gasteiger partial charge in [-0.1, -0.05) is 47.0 Å². The molecule has 4 aromatic rings. The topological polar surface area (TPSA) is 123 Å². The number of piperidine rings is 1. The van der Waals surface area contributed by atoms with Gasteiger partial charge in [0.15, 0.2) is 0 Å². The van der Waals surface area contributed by atoms with E-state index in [0.717, 1.165) is 28.6 Å². The lowest BCUT2D eigenvalue weighted by Gasteiger charge is -2.32. The normalized spacial score (nSPS) is 16.3. The molecule has 230 valence electrons. The molecule has 3 aromatic carbocycles. The molecule has 0 aliphatic carbocycles. The molecule has 2 aliphatic rings. The molecule has 0 radical (unpaired) electrons. The zero-order chi connectivity index (χ0) is 31.3. The van der Waals surface area contributed by atoms with Crippen LogP contribution in [-0.4, -0.2) is 43.3 Å². The Hall–Kier alpha value is -4.49. The number of carbonyl (C=O) groups is 1. The van der Waals surface area contributed by atoms with Crippen LogP contribution in [0.15, 0.2) is 72.4 Å². The number of fused-ring (bicyclic) bond motifs is 1. The van der Waals surface area contributed by atoms with E-state index >= 15 is 0 Å². The molecule has 0 bridgehead atoms. The van der Waals surface area contributed by atoms with Crippen molar-refractivity contribution in [2.24, 2.45) is 5.73 Å². The van der Waals surface area contributed by atoms with Crippen molar-refractivity contribution in [1.29, 1.82) is 5.26 Å². The van der Waals surface area contributed by atoms with Crippen LogP contribution in [0.25, 0.3) is 10.9 Å². The Morgan fingerprint density at radius 3 is 2.67 bits per heavy atom. The van der Waals surface area contributed by atoms with Crippen molar-refractivity contribution < 1.29 is 19.0 Å². The zero-order valence-corrected chi connectivity index (χ0v) is 25.9. The van der Waals surface area contributed by atoms with Crippen molar-refractivity contribution in [2.75, 3.05) is 36.5 Å². The molecule has 1 unspecified atom stereocenters. The second kappa shape index (κ2) is 13.7. The number of aromatic nitrogens is 1. The van der Waals surface area contributed by atoms with E-state index in [-0.39, 0.29) is 12.7 Å². The number of nitrogens with zero attached hydrogens (tertiary/aromatic N) is 3. The van der Waals surface area contributed by atoms with Crippen LogP contribution in [0.5, 0.6) is 11.5 Å². The van der Waals surface area contributed by atoms with Gasteiger partial charge in [-0.3, -0.25) is 9.78 Å². The lowest BCUT2D eigenvalue weighted by molar-refractivity contribution is -0.113. The predicted molar refractivity (Wildman–Crippen MR) is 176 cm³/mol. The summed E-state index contributed by atoms with van der Waals surface area (Å²) in [5.41, 5.74) is 10.5. The number of halogens is 2. The molecule has 9 nitrogen and oxygen atoms in total. The second-order valence-electron chi connectivity index (χ2n) is 10.9. The maximum atomic E-state index is 11.4. The summed E-state index contributed by atoms with van der Waals surface area (Å²) in [5, 5.41) is 15.2. The van der Waals surface area contributed by atoms with Crippen LogP contribution >= 0.6 is 23.2 Å². The molecule has 3 heterocycles. The van der Waals surface area contributed by atoms with Crippen molar-refractivity contribution in [3.05, 3.63) is 93.6 Å². The quantitative estimate of drug-likeness (QED) is 0.189. The van der Waals surface area contributed by atoms with Crippen molar-refractivity contribution >= 4 is 57.1 Å². The number of nitriles is 1. The molecule has 0 saturated carbocycles. The number of benzene rings is 3. The molecule has 0 spiro atoms. The summed E-state index contributed by atoms with van der Waals surface area (Å²) in [4.78, 5) is 18.3. The summed E-state index contributed by atoms with van der Waals surface area (Å²) in [6.07, 6.45) is 5.23. The van der Waals surface area contributed by atoms with Crippen molar-refractivity contribution in [3.8, 4) is 17.6 Å². The molecule has 1 aromatic heterocycles. The highest BCUT2D eigenvalue weighted by molar-refractivity contribution is 6.32. The van der Waals surface area contributed by atoms with Gasteiger partial charge in [0.25, 0.3) is 0 Å². The van der Waals surface area contributed by atoms with Gasteiger partial charge in [0.2, 0.25) is 5.91 Å². The van der Waals surface area contributed by atoms with Gasteiger partial charge in [0.1, 0.15) is 30.3 Å². The zero-order valence-electron chi connectivity index (χ0n) is 24.4. The van der Waals surface area contributed by atoms with Gasteiger partial charge in [0, 0.05) is 59.5 Å². The van der Waals surface area contributed by atoms with Crippen molar-refractivity contribution in [1.82, 2.24) is 4.98 Å². The molecule has 2 saturated heterocycles. The molecule has 6 rings (SSSR count). The van der Waals surface area contributed by atoms with Gasteiger partial charge in [-0.2, -0.15) is 5.26 Å². The van der Waals surface area contributed by atoms with E-state index in [9.17, 15) is 10.1 Å². The fourth-order valence-corrected chi connectivity index (χ4v) is 5.97. The van der Waals surface area contributed by atoms with Crippen LogP contribution in [-0.2, 0) is 16.1 Å². The Bertz CT molecular complexity index is 1810. The lowest BCUT2D eigenvalue weighted by atomic mass is 10.0. The number of nitrogens with one attached hydrogen (secondary N) is 1. The summed E-state index contributed by atoms with van der Waals surface area (Å²) < 4.78 is 17.9. The number of hydrogen-bond acceptors (Lipinski definition) is 8. The highest BCUT2D eigenvalue weighted by Gasteiger charge is 2.25. The third-order valence-corrected chi connectivity index (χ3v) is 8.55. The van der Waals surface area contributed by atoms with E-state index in [1.165, 1.54) is 6.08 Å². The Labute approximate surface area is 271 Å². The third-order valence-electron chi connectivity index (χ3n) is 7.89. The number of ether oxygens (including phenoxy) is 3. The maximum Gasteiger partial charge on any atom is 0.241 e. The summed E-state index contributed by atoms with van der Waals surface area (Å²) in [7, 11) is 0. The number of pyridine rings is 1. The largest absolute Gasteiger partial charge is 0.487 e. The van der Waals surface area contributed by atoms with Crippen LogP contribution in [0.1, 0.15) is 30.4 Å². The Morgan fingerprint density at radius 1 is 1.13 bits per heavy atom. The van der Waals surface area contributed by atoms with Crippen LogP contribution < -0.4 is 25.4 Å². The van der Waals surface area contributed by atoms with Crippen LogP contribution in [0.3, 0.4) is 0 Å². The number of primary amides is 1. The van der Waals surface area contributed by atoms with Crippen molar-refractivity contribution in [3.63, 3.8) is 0 Å². The van der Waals surface area contributed by atoms with Gasteiger partial charge < -0.3 is 30.2 Å². The highest BCUT2D eigenvalue weighted by atomic mass is 35.5. The predicted octanol–water partition coefficient (Wildman–Crippen LogP) is 6.92. The van der Waals surface area contributed by atoms with Crippen LogP contribution in [0.2, 0.25) is 10.0 Å². The number of anilines is 3. The minimum atomic E-state index is -0.430. The van der Waals surface area contributed by atoms with E-state index in [2.05, 4.69) is 21.3 Å². The average Bonchev–Trinajstić information content (AvgIpc) is 3.55. The number of nitrogens with two attached hydrogens (primary N) is 1. The van der Waals surface area contributed by atoms with Gasteiger partial charge in [-0.15, -0.1) is 0 Å². The number of amides is 1. The fraction of sp³-hybridized carbons (Fsp3) is 0.265. The van der Waals surface area contributed by atoms with Crippen LogP contribution in [0, 0.1) is 11.3 Å². The lowest BCUT2D eigenvalue weighted by Crippen LogP contribution is -2.32. The van der Waals surface area contributed by atoms with Gasteiger partial charge in [-0.05, 0) is 43.2 Å². The fourth-order valence-electron chi connectivity index (χ4n) is 5.55. The van der Waals surface area contributed by atoms with E-state index in [0.29, 0.717) is 83.1 Å². The Balaban J connectivity index is 1.32. The molecule has 2 aliphatic heterocycles. The first-order valence-electron chi connectivity index (χ1n) is 14.7. The summed E-state index contributed by atoms with van der Waals surface area (Å²) in [5.74, 6) is 0.782. The Morgan fingerprint density at radius 2 is 1.96 bits per heavy atom. The SMILES string of the molecule is N#Cc1cnc2cc(OC3CCOC3)c(N3CCC(=CC(N)=O)CC3)cc2c1Nc1ccc(OCc2ccccc2Cl)c(Cl)c1. The molecule has 1 amide bonds. The summed E-state index contributed by atoms with van der Waals surface area (Å²) in [6, 6.07) is 19.1. The molecular formula is C34H31Cl2N5O4. The van der Waals surface area contributed by atoms with E-state index in [4.69, 9.17) is 43.1 Å². The monoisotopic (exact) mass is 643 g/mol. The van der Waals surface area contributed by atoms with Gasteiger partial charge in [0.05, 0.1) is 40.7 Å². The molecule has 45 heavy (non-hydrogen) atoms. The summed E-state index contributed by atoms with van der Waals surface area (Å²) >= 11 is 12.9. The van der Waals surface area contributed by atoms with E-state index in [1.54, 1.807) is 18.3 Å². The average molecular weight is 645 g/mol.